The molecule has 15 N–H and O–H groups in total. The molecule has 4 fully saturated rings. The third-order valence-electron chi connectivity index (χ3n) is 10.2. The van der Waals surface area contributed by atoms with Gasteiger partial charge in [-0.3, -0.25) is 0 Å². The third kappa shape index (κ3) is 8.18. The van der Waals surface area contributed by atoms with Crippen LogP contribution in [0.15, 0.2) is 24.3 Å². The molecular weight excluding hydrogens is 748 g/mol. The van der Waals surface area contributed by atoms with Crippen molar-refractivity contribution in [2.45, 2.75) is 129 Å². The fourth-order valence-electron chi connectivity index (χ4n) is 6.96. The molecule has 4 saturated heterocycles. The van der Waals surface area contributed by atoms with Crippen molar-refractivity contribution < 1.29 is 104 Å². The van der Waals surface area contributed by atoms with E-state index in [9.17, 15) is 65.8 Å². The Morgan fingerprint density at radius 2 is 1.35 bits per heavy atom. The monoisotopic (exact) mass is 796 g/mol. The fourth-order valence-corrected chi connectivity index (χ4v) is 6.96. The largest absolute Gasteiger partial charge is 0.479 e. The van der Waals surface area contributed by atoms with Gasteiger partial charge in [0.1, 0.15) is 79.0 Å². The van der Waals surface area contributed by atoms with Crippen LogP contribution in [0.25, 0.3) is 0 Å². The first-order chi connectivity index (χ1) is 25.9. The van der Waals surface area contributed by atoms with E-state index in [1.54, 1.807) is 19.1 Å². The number of ether oxygens (including phenoxy) is 8. The molecule has 0 aromatic heterocycles. The third-order valence-corrected chi connectivity index (χ3v) is 10.2. The number of carboxylic acids is 1. The second-order valence-electron chi connectivity index (χ2n) is 13.7. The lowest BCUT2D eigenvalue weighted by molar-refractivity contribution is -0.368. The van der Waals surface area contributed by atoms with Crippen molar-refractivity contribution in [3.8, 4) is 5.75 Å². The van der Waals surface area contributed by atoms with E-state index in [-0.39, 0.29) is 5.75 Å². The van der Waals surface area contributed by atoms with Gasteiger partial charge in [0.25, 0.3) is 0 Å². The number of rotatable bonds is 11. The predicted octanol–water partition coefficient (Wildman–Crippen LogP) is -7.76. The molecule has 0 spiro atoms. The van der Waals surface area contributed by atoms with Gasteiger partial charge in [-0.25, -0.2) is 9.59 Å². The van der Waals surface area contributed by atoms with Gasteiger partial charge in [0, 0.05) is 0 Å². The van der Waals surface area contributed by atoms with E-state index >= 15 is 0 Å². The molecule has 0 unspecified atom stereocenters. The van der Waals surface area contributed by atoms with E-state index in [1.165, 1.54) is 12.1 Å². The van der Waals surface area contributed by atoms with Crippen LogP contribution in [-0.2, 0) is 42.7 Å². The summed E-state index contributed by atoms with van der Waals surface area (Å²) in [6.45, 7) is -0.0681. The molecule has 0 amide bonds. The van der Waals surface area contributed by atoms with Crippen molar-refractivity contribution in [2.24, 2.45) is 11.5 Å². The Bertz CT molecular complexity index is 1460. The molecule has 1 aromatic carbocycles. The summed E-state index contributed by atoms with van der Waals surface area (Å²) >= 11 is 0. The summed E-state index contributed by atoms with van der Waals surface area (Å²) in [6, 6.07) is 2.94. The smallest absolute Gasteiger partial charge is 0.338 e. The van der Waals surface area contributed by atoms with Gasteiger partial charge in [-0.1, -0.05) is 17.7 Å². The zero-order chi connectivity index (χ0) is 40.7. The van der Waals surface area contributed by atoms with E-state index in [1.807, 2.05) is 0 Å². The first-order valence-corrected chi connectivity index (χ1v) is 17.1. The molecule has 5 rings (SSSR count). The molecule has 4 aliphatic rings. The molecular formula is C32H48N2O21. The number of carbonyl (C=O) groups is 2. The maximum absolute atomic E-state index is 13.0. The van der Waals surface area contributed by atoms with Crippen LogP contribution in [0, 0.1) is 6.92 Å². The average molecular weight is 797 g/mol. The number of aliphatic hydroxyl groups is 10. The van der Waals surface area contributed by atoms with E-state index in [0.29, 0.717) is 0 Å². The highest BCUT2D eigenvalue weighted by atomic mass is 16.8. The number of benzene rings is 1. The predicted molar refractivity (Wildman–Crippen MR) is 173 cm³/mol. The van der Waals surface area contributed by atoms with Crippen LogP contribution in [0.4, 0.5) is 0 Å². The number of nitrogens with two attached hydrogens (primary N) is 2. The Morgan fingerprint density at radius 3 is 1.93 bits per heavy atom. The lowest BCUT2D eigenvalue weighted by atomic mass is 9.74. The second kappa shape index (κ2) is 17.4. The van der Waals surface area contributed by atoms with Crippen molar-refractivity contribution >= 4 is 11.9 Å². The minimum absolute atomic E-state index is 0.150. The summed E-state index contributed by atoms with van der Waals surface area (Å²) in [5, 5.41) is 118. The van der Waals surface area contributed by atoms with Crippen molar-refractivity contribution in [2.75, 3.05) is 20.3 Å². The summed E-state index contributed by atoms with van der Waals surface area (Å²) in [5.41, 5.74) is 9.98. The summed E-state index contributed by atoms with van der Waals surface area (Å²) < 4.78 is 43.7. The maximum Gasteiger partial charge on any atom is 0.338 e. The van der Waals surface area contributed by atoms with Crippen molar-refractivity contribution in [1.82, 2.24) is 0 Å². The van der Waals surface area contributed by atoms with E-state index in [4.69, 9.17) is 49.4 Å². The van der Waals surface area contributed by atoms with Crippen LogP contribution < -0.4 is 16.2 Å². The van der Waals surface area contributed by atoms with Gasteiger partial charge in [-0.05, 0) is 19.1 Å². The number of hydrogen-bond donors (Lipinski definition) is 13. The van der Waals surface area contributed by atoms with Crippen molar-refractivity contribution in [3.63, 3.8) is 0 Å². The van der Waals surface area contributed by atoms with Crippen LogP contribution in [0.5, 0.6) is 5.75 Å². The van der Waals surface area contributed by atoms with Crippen LogP contribution in [0.1, 0.15) is 5.56 Å². The lowest BCUT2D eigenvalue weighted by Gasteiger charge is -2.55. The molecule has 23 nitrogen and oxygen atoms in total. The molecule has 0 saturated carbocycles. The number of esters is 1. The van der Waals surface area contributed by atoms with Crippen molar-refractivity contribution in [1.29, 1.82) is 0 Å². The molecule has 312 valence electrons. The van der Waals surface area contributed by atoms with Crippen molar-refractivity contribution in [3.05, 3.63) is 29.8 Å². The molecule has 0 bridgehead atoms. The zero-order valence-corrected chi connectivity index (χ0v) is 29.3. The molecule has 20 atom stereocenters. The van der Waals surface area contributed by atoms with Gasteiger partial charge in [0.15, 0.2) is 30.4 Å². The Labute approximate surface area is 312 Å². The minimum Gasteiger partial charge on any atom is -0.479 e. The standard InChI is InChI=1S/C32H48N2O21/c1-9-3-5-10(6-4-9)49-31-20(42)24(43)32(47,26(55-31)28(46)48-2)25-13(33)17(39)21(12(8-36)50-25)52-30-19(41)18(40)22(23(54-30)27(44)45)53-29-14(34)16(38)15(37)11(7-35)51-29/h3-6,11-26,29-31,35-43,47H,7-8,33-34H2,1-2H3,(H,44,45)/t11-,12-,13-,14-,15-,16-,17-,18-,19-,20-,21-,22+,23+,24-,25+,26-,29-,30-,31-,32-/m1/s1. The van der Waals surface area contributed by atoms with E-state index < -0.39 is 147 Å². The Hall–Kier alpha value is -2.76. The summed E-state index contributed by atoms with van der Waals surface area (Å²) in [5.74, 6) is -2.93. The number of aryl methyl sites for hydroxylation is 1. The summed E-state index contributed by atoms with van der Waals surface area (Å²) in [4.78, 5) is 25.3. The number of carboxylic acid groups (broad SMARTS) is 1. The highest BCUT2D eigenvalue weighted by molar-refractivity contribution is 5.77. The second-order valence-corrected chi connectivity index (χ2v) is 13.7. The van der Waals surface area contributed by atoms with Crippen LogP contribution >= 0.6 is 0 Å². The highest BCUT2D eigenvalue weighted by Gasteiger charge is 2.67. The quantitative estimate of drug-likeness (QED) is 0.0925. The van der Waals surface area contributed by atoms with Gasteiger partial charge in [0.2, 0.25) is 6.29 Å². The Kier molecular flexibility index (Phi) is 13.7. The average Bonchev–Trinajstić information content (AvgIpc) is 3.16. The summed E-state index contributed by atoms with van der Waals surface area (Å²) in [6.07, 6.45) is -33.4. The lowest BCUT2D eigenvalue weighted by Crippen LogP contribution is -2.79. The Balaban J connectivity index is 1.35. The number of aliphatic carboxylic acids is 1. The SMILES string of the molecule is COC(=O)[C@H]1O[C@@H](Oc2ccc(C)cc2)[C@H](O)[C@@H](O)[C@@]1(O)[C@H]1O[C@H](CO)[C@@H](O[C@@H]2O[C@H](C(=O)O)[C@@H](O[C@H]3O[C@H](CO)[C@@H](O)[C@H](O)[C@H]3N)[C@H](O)[C@H]2O)[C@H](O)[C@H]1N. The topological polar surface area (TPSA) is 383 Å². The van der Waals surface area contributed by atoms with Gasteiger partial charge < -0.3 is 106 Å². The van der Waals surface area contributed by atoms with Crippen LogP contribution in [0.2, 0.25) is 0 Å². The molecule has 0 radical (unpaired) electrons. The normalized spacial score (nSPS) is 46.5. The van der Waals surface area contributed by atoms with E-state index in [2.05, 4.69) is 0 Å². The van der Waals surface area contributed by atoms with Gasteiger partial charge in [-0.2, -0.15) is 0 Å². The molecule has 55 heavy (non-hydrogen) atoms. The summed E-state index contributed by atoms with van der Waals surface area (Å²) in [7, 11) is 0.927. The number of aliphatic hydroxyl groups excluding tert-OH is 9. The molecule has 1 aromatic rings. The molecule has 4 heterocycles. The maximum atomic E-state index is 13.0. The van der Waals surface area contributed by atoms with Crippen LogP contribution in [-0.4, -0.2) is 210 Å². The first kappa shape index (κ1) is 43.4. The zero-order valence-electron chi connectivity index (χ0n) is 29.3. The Morgan fingerprint density at radius 1 is 0.727 bits per heavy atom. The van der Waals surface area contributed by atoms with Crippen LogP contribution in [0.3, 0.4) is 0 Å². The first-order valence-electron chi connectivity index (χ1n) is 17.1. The van der Waals surface area contributed by atoms with Gasteiger partial charge >= 0.3 is 11.9 Å². The number of methoxy groups -OCH3 is 1. The highest BCUT2D eigenvalue weighted by Crippen LogP contribution is 2.41. The molecule has 4 aliphatic heterocycles. The molecule has 23 heteroatoms. The van der Waals surface area contributed by atoms with Gasteiger partial charge in [0.05, 0.1) is 32.4 Å². The number of carbonyl (C=O) groups excluding carboxylic acids is 1. The van der Waals surface area contributed by atoms with E-state index in [0.717, 1.165) is 12.7 Å². The molecule has 0 aliphatic carbocycles. The number of hydrogen-bond acceptors (Lipinski definition) is 22. The van der Waals surface area contributed by atoms with Gasteiger partial charge in [-0.15, -0.1) is 0 Å². The minimum atomic E-state index is -3.02. The fraction of sp³-hybridized carbons (Fsp3) is 0.750.